The van der Waals surface area contributed by atoms with Gasteiger partial charge >= 0.3 is 0 Å². The molecule has 0 aliphatic carbocycles. The van der Waals surface area contributed by atoms with Crippen molar-refractivity contribution < 1.29 is 0 Å². The van der Waals surface area contributed by atoms with Gasteiger partial charge in [-0.25, -0.2) is 0 Å². The minimum absolute atomic E-state index is 0.642. The first-order valence-electron chi connectivity index (χ1n) is 6.11. The number of hydrogen-bond acceptors (Lipinski definition) is 2. The van der Waals surface area contributed by atoms with Crippen molar-refractivity contribution in [2.75, 3.05) is 0 Å². The van der Waals surface area contributed by atoms with Crippen molar-refractivity contribution in [3.63, 3.8) is 0 Å². The molecule has 0 radical (unpaired) electrons. The molecule has 0 atom stereocenters. The third-order valence-electron chi connectivity index (χ3n) is 2.63. The van der Waals surface area contributed by atoms with Gasteiger partial charge < -0.3 is 0 Å². The Morgan fingerprint density at radius 3 is 1.89 bits per heavy atom. The monoisotopic (exact) mass is 357 g/mol. The van der Waals surface area contributed by atoms with Crippen LogP contribution in [-0.2, 0) is 0 Å². The Kier molecular flexibility index (Phi) is 6.32. The van der Waals surface area contributed by atoms with Crippen molar-refractivity contribution in [2.24, 2.45) is 0 Å². The van der Waals surface area contributed by atoms with Gasteiger partial charge in [-0.05, 0) is 45.6 Å². The largest absolute Gasteiger partial charge is 0.197 e. The Morgan fingerprint density at radius 1 is 1.06 bits per heavy atom. The zero-order valence-corrected chi connectivity index (χ0v) is 13.5. The van der Waals surface area contributed by atoms with Crippen molar-refractivity contribution in [2.45, 2.75) is 39.5 Å². The lowest BCUT2D eigenvalue weighted by atomic mass is 9.96. The number of rotatable bonds is 2. The van der Waals surface area contributed by atoms with Crippen LogP contribution in [0.3, 0.4) is 0 Å². The molecule has 2 aromatic rings. The number of hydrogen-bond donors (Lipinski definition) is 1. The molecule has 1 aromatic carbocycles. The average molecular weight is 357 g/mol. The normalized spacial score (nSPS) is 10.4. The molecule has 0 unspecified atom stereocenters. The van der Waals surface area contributed by atoms with E-state index in [1.165, 1.54) is 11.1 Å². The molecule has 0 bridgehead atoms. The molecule has 3 nitrogen and oxygen atoms in total. The second-order valence-corrected chi connectivity index (χ2v) is 5.88. The summed E-state index contributed by atoms with van der Waals surface area (Å²) in [4.78, 5) is 0. The number of aromatic amines is 1. The molecule has 1 N–H and O–H groups in total. The van der Waals surface area contributed by atoms with Crippen LogP contribution in [0, 0.1) is 3.70 Å². The Bertz CT molecular complexity index is 427. The first-order valence-corrected chi connectivity index (χ1v) is 7.19. The summed E-state index contributed by atoms with van der Waals surface area (Å²) in [6.07, 6.45) is 1.65. The molecule has 0 spiro atoms. The van der Waals surface area contributed by atoms with Gasteiger partial charge in [0.05, 0.1) is 6.20 Å². The third-order valence-corrected chi connectivity index (χ3v) is 3.15. The highest BCUT2D eigenvalue weighted by molar-refractivity contribution is 14.1. The molecule has 98 valence electrons. The zero-order chi connectivity index (χ0) is 13.5. The fourth-order valence-corrected chi connectivity index (χ4v) is 1.71. The smallest absolute Gasteiger partial charge is 0.143 e. The highest BCUT2D eigenvalue weighted by Crippen LogP contribution is 2.20. The van der Waals surface area contributed by atoms with Gasteiger partial charge in [0.2, 0.25) is 0 Å². The van der Waals surface area contributed by atoms with Crippen molar-refractivity contribution in [3.8, 4) is 0 Å². The van der Waals surface area contributed by atoms with Crippen LogP contribution in [0.5, 0.6) is 0 Å². The Morgan fingerprint density at radius 2 is 1.61 bits per heavy atom. The summed E-state index contributed by atoms with van der Waals surface area (Å²) in [6, 6.07) is 8.88. The summed E-state index contributed by atoms with van der Waals surface area (Å²) in [5, 5.41) is 9.67. The number of aromatic nitrogens is 3. The fraction of sp³-hybridized carbons (Fsp3) is 0.429. The Labute approximate surface area is 123 Å². The van der Waals surface area contributed by atoms with Crippen LogP contribution in [0.25, 0.3) is 0 Å². The zero-order valence-electron chi connectivity index (χ0n) is 11.3. The first-order chi connectivity index (χ1) is 8.50. The summed E-state index contributed by atoms with van der Waals surface area (Å²) < 4.78 is 0.896. The number of H-pyrrole nitrogens is 1. The van der Waals surface area contributed by atoms with E-state index < -0.39 is 0 Å². The summed E-state index contributed by atoms with van der Waals surface area (Å²) in [7, 11) is 0. The van der Waals surface area contributed by atoms with Gasteiger partial charge in [0.15, 0.2) is 0 Å². The molecule has 4 heteroatoms. The Hall–Kier alpha value is -0.910. The van der Waals surface area contributed by atoms with Crippen LogP contribution in [0.4, 0.5) is 0 Å². The van der Waals surface area contributed by atoms with Crippen LogP contribution in [0.2, 0.25) is 0 Å². The average Bonchev–Trinajstić information content (AvgIpc) is 2.81. The van der Waals surface area contributed by atoms with E-state index in [2.05, 4.69) is 90.0 Å². The lowest BCUT2D eigenvalue weighted by Gasteiger charge is -2.09. The maximum atomic E-state index is 3.67. The van der Waals surface area contributed by atoms with E-state index >= 15 is 0 Å². The van der Waals surface area contributed by atoms with Crippen LogP contribution in [0.15, 0.2) is 30.5 Å². The van der Waals surface area contributed by atoms with Gasteiger partial charge in [-0.1, -0.05) is 52.0 Å². The van der Waals surface area contributed by atoms with Gasteiger partial charge in [0.25, 0.3) is 0 Å². The highest BCUT2D eigenvalue weighted by atomic mass is 127. The van der Waals surface area contributed by atoms with Crippen LogP contribution < -0.4 is 0 Å². The molecule has 0 saturated heterocycles. The molecule has 18 heavy (non-hydrogen) atoms. The number of nitrogens with one attached hydrogen (secondary N) is 1. The van der Waals surface area contributed by atoms with Crippen LogP contribution in [-0.4, -0.2) is 15.4 Å². The molecule has 0 amide bonds. The van der Waals surface area contributed by atoms with Crippen molar-refractivity contribution in [1.29, 1.82) is 0 Å². The van der Waals surface area contributed by atoms with Gasteiger partial charge in [0.1, 0.15) is 3.70 Å². The van der Waals surface area contributed by atoms with Crippen molar-refractivity contribution >= 4 is 22.6 Å². The number of halogens is 1. The minimum atomic E-state index is 0.642. The molecule has 1 heterocycles. The predicted octanol–water partition coefficient (Wildman–Crippen LogP) is 4.34. The molecule has 0 saturated carbocycles. The summed E-state index contributed by atoms with van der Waals surface area (Å²) in [5.41, 5.74) is 2.89. The second kappa shape index (κ2) is 7.51. The van der Waals surface area contributed by atoms with Gasteiger partial charge in [-0.3, -0.25) is 0 Å². The molecule has 1 aromatic heterocycles. The Balaban J connectivity index is 0.000000225. The standard InChI is InChI=1S/C12H18.C2H2IN3/c1-9(2)11-6-5-7-12(8-11)10(3)4;3-2-1-4-6-5-2/h5-10H,1-4H3;1H,(H,4,5,6). The lowest BCUT2D eigenvalue weighted by molar-refractivity contribution is 0.834. The molecule has 2 rings (SSSR count). The SMILES string of the molecule is CC(C)c1cccc(C(C)C)c1.Ic1cn[nH]n1. The predicted molar refractivity (Wildman–Crippen MR) is 83.7 cm³/mol. The van der Waals surface area contributed by atoms with Gasteiger partial charge in [-0.2, -0.15) is 15.4 Å². The maximum Gasteiger partial charge on any atom is 0.143 e. The van der Waals surface area contributed by atoms with Crippen LogP contribution in [0.1, 0.15) is 50.7 Å². The van der Waals surface area contributed by atoms with E-state index in [4.69, 9.17) is 0 Å². The molecular weight excluding hydrogens is 337 g/mol. The van der Waals surface area contributed by atoms with E-state index in [-0.39, 0.29) is 0 Å². The topological polar surface area (TPSA) is 41.6 Å². The van der Waals surface area contributed by atoms with E-state index in [0.717, 1.165) is 3.70 Å². The number of nitrogens with zero attached hydrogens (tertiary/aromatic N) is 2. The molecular formula is C14H20IN3. The van der Waals surface area contributed by atoms with Gasteiger partial charge in [0, 0.05) is 0 Å². The second-order valence-electron chi connectivity index (χ2n) is 4.77. The fourth-order valence-electron chi connectivity index (χ4n) is 1.46. The highest BCUT2D eigenvalue weighted by Gasteiger charge is 2.02. The minimum Gasteiger partial charge on any atom is -0.197 e. The van der Waals surface area contributed by atoms with Gasteiger partial charge in [-0.15, -0.1) is 0 Å². The molecule has 0 aliphatic heterocycles. The molecule has 0 aliphatic rings. The van der Waals surface area contributed by atoms with Crippen molar-refractivity contribution in [1.82, 2.24) is 15.4 Å². The molecule has 0 fully saturated rings. The van der Waals surface area contributed by atoms with E-state index in [1.54, 1.807) is 6.20 Å². The first kappa shape index (κ1) is 15.1. The van der Waals surface area contributed by atoms with E-state index in [1.807, 2.05) is 0 Å². The number of benzene rings is 1. The van der Waals surface area contributed by atoms with Crippen LogP contribution >= 0.6 is 22.6 Å². The quantitative estimate of drug-likeness (QED) is 0.813. The third kappa shape index (κ3) is 5.16. The summed E-state index contributed by atoms with van der Waals surface area (Å²) in [5.74, 6) is 1.28. The van der Waals surface area contributed by atoms with Crippen molar-refractivity contribution in [3.05, 3.63) is 45.3 Å². The summed E-state index contributed by atoms with van der Waals surface area (Å²) >= 11 is 2.07. The maximum absolute atomic E-state index is 3.67. The van der Waals surface area contributed by atoms with E-state index in [9.17, 15) is 0 Å². The lowest BCUT2D eigenvalue weighted by Crippen LogP contribution is -1.91. The van der Waals surface area contributed by atoms with E-state index in [0.29, 0.717) is 11.8 Å². The summed E-state index contributed by atoms with van der Waals surface area (Å²) in [6.45, 7) is 8.94.